The van der Waals surface area contributed by atoms with E-state index >= 15 is 0 Å². The van der Waals surface area contributed by atoms with Crippen LogP contribution in [0.2, 0.25) is 0 Å². The fourth-order valence-electron chi connectivity index (χ4n) is 5.89. The Morgan fingerprint density at radius 2 is 1.10 bits per heavy atom. The Bertz CT molecular complexity index is 1340. The van der Waals surface area contributed by atoms with Crippen LogP contribution in [-0.4, -0.2) is 76.1 Å². The first-order valence-corrected chi connectivity index (χ1v) is 25.7. The van der Waals surface area contributed by atoms with Gasteiger partial charge in [-0.15, -0.1) is 0 Å². The molecular formula is C45H80O14P2. The van der Waals surface area contributed by atoms with E-state index < -0.39 is 66.2 Å². The molecule has 0 saturated heterocycles. The highest BCUT2D eigenvalue weighted by atomic mass is 31.2. The average molecular weight is 907 g/mol. The fraction of sp³-hybridized carbons (Fsp3) is 0.756. The van der Waals surface area contributed by atoms with Gasteiger partial charge < -0.3 is 29.3 Å². The highest BCUT2D eigenvalue weighted by Crippen LogP contribution is 2.43. The number of allylic oxidation sites excluding steroid dienone is 8. The highest BCUT2D eigenvalue weighted by molar-refractivity contribution is 7.47. The highest BCUT2D eigenvalue weighted by Gasteiger charge is 2.28. The number of aliphatic hydroxyl groups is 1. The van der Waals surface area contributed by atoms with Gasteiger partial charge in [0.2, 0.25) is 0 Å². The van der Waals surface area contributed by atoms with Gasteiger partial charge in [-0.25, -0.2) is 9.13 Å². The maximum Gasteiger partial charge on any atom is 0.472 e. The summed E-state index contributed by atoms with van der Waals surface area (Å²) in [5.41, 5.74) is 0. The normalized spacial score (nSPS) is 14.4. The zero-order valence-electron chi connectivity index (χ0n) is 37.4. The molecule has 0 aliphatic rings. The topological polar surface area (TPSA) is 212 Å². The Morgan fingerprint density at radius 1 is 0.574 bits per heavy atom. The number of phosphoric acid groups is 2. The molecule has 0 aromatic rings. The summed E-state index contributed by atoms with van der Waals surface area (Å²) in [6.07, 6.45) is 35.3. The number of ether oxygens (including phenoxy) is 2. The SMILES string of the molecule is CCCCCC(=O)/C=C/C=C\C/C=C\C/C=C\CCCC(=O)OC[C@H](COP(=O)(O)OC[C@@H](O)COP(=O)(O)O)OC(=O)CCCCCCCCCCCCCCCC(C)C. The van der Waals surface area contributed by atoms with E-state index in [2.05, 4.69) is 29.8 Å². The van der Waals surface area contributed by atoms with E-state index in [0.29, 0.717) is 25.7 Å². The van der Waals surface area contributed by atoms with E-state index in [0.717, 1.165) is 63.7 Å². The molecule has 0 saturated carbocycles. The Balaban J connectivity index is 4.61. The van der Waals surface area contributed by atoms with Crippen LogP contribution in [0.1, 0.15) is 175 Å². The Labute approximate surface area is 366 Å². The summed E-state index contributed by atoms with van der Waals surface area (Å²) in [7, 11) is -9.71. The van der Waals surface area contributed by atoms with Crippen molar-refractivity contribution in [2.24, 2.45) is 5.92 Å². The average Bonchev–Trinajstić information content (AvgIpc) is 3.20. The number of ketones is 1. The smallest absolute Gasteiger partial charge is 0.462 e. The van der Waals surface area contributed by atoms with Crippen molar-refractivity contribution in [2.75, 3.05) is 26.4 Å². The molecule has 354 valence electrons. The van der Waals surface area contributed by atoms with Gasteiger partial charge in [0.1, 0.15) is 12.7 Å². The molecule has 0 amide bonds. The molecular weight excluding hydrogens is 826 g/mol. The van der Waals surface area contributed by atoms with Gasteiger partial charge in [-0.2, -0.15) is 0 Å². The molecule has 14 nitrogen and oxygen atoms in total. The molecule has 0 heterocycles. The first-order chi connectivity index (χ1) is 29.1. The number of carbonyl (C=O) groups is 3. The zero-order valence-corrected chi connectivity index (χ0v) is 39.2. The second-order valence-electron chi connectivity index (χ2n) is 15.8. The second kappa shape index (κ2) is 39.3. The van der Waals surface area contributed by atoms with Crippen molar-refractivity contribution in [1.82, 2.24) is 0 Å². The van der Waals surface area contributed by atoms with Gasteiger partial charge in [0.15, 0.2) is 11.9 Å². The third-order valence-corrected chi connectivity index (χ3v) is 10.8. The van der Waals surface area contributed by atoms with Gasteiger partial charge in [0.05, 0.1) is 19.8 Å². The molecule has 16 heteroatoms. The summed E-state index contributed by atoms with van der Waals surface area (Å²) >= 11 is 0. The molecule has 0 radical (unpaired) electrons. The molecule has 0 aliphatic carbocycles. The number of aliphatic hydroxyl groups excluding tert-OH is 1. The van der Waals surface area contributed by atoms with Gasteiger partial charge in [-0.05, 0) is 50.5 Å². The van der Waals surface area contributed by atoms with Crippen LogP contribution < -0.4 is 0 Å². The molecule has 0 spiro atoms. The van der Waals surface area contributed by atoms with Crippen molar-refractivity contribution in [3.8, 4) is 0 Å². The number of esters is 2. The van der Waals surface area contributed by atoms with Gasteiger partial charge in [-0.3, -0.25) is 28.0 Å². The summed E-state index contributed by atoms with van der Waals surface area (Å²) in [6, 6.07) is 0. The van der Waals surface area contributed by atoms with Gasteiger partial charge >= 0.3 is 27.6 Å². The number of carbonyl (C=O) groups excluding carboxylic acids is 3. The lowest BCUT2D eigenvalue weighted by Gasteiger charge is -2.20. The van der Waals surface area contributed by atoms with E-state index in [9.17, 15) is 33.5 Å². The van der Waals surface area contributed by atoms with E-state index in [1.165, 1.54) is 57.8 Å². The fourth-order valence-corrected chi connectivity index (χ4v) is 7.05. The largest absolute Gasteiger partial charge is 0.472 e. The monoisotopic (exact) mass is 907 g/mol. The van der Waals surface area contributed by atoms with Gasteiger partial charge in [-0.1, -0.05) is 160 Å². The molecule has 61 heavy (non-hydrogen) atoms. The Kier molecular flexibility index (Phi) is 37.9. The summed E-state index contributed by atoms with van der Waals surface area (Å²) < 4.78 is 47.7. The van der Waals surface area contributed by atoms with Crippen LogP contribution in [0, 0.1) is 5.92 Å². The predicted octanol–water partition coefficient (Wildman–Crippen LogP) is 10.9. The third kappa shape index (κ3) is 44.2. The summed E-state index contributed by atoms with van der Waals surface area (Å²) in [6.45, 7) is 3.85. The number of rotatable bonds is 42. The maximum atomic E-state index is 12.7. The van der Waals surface area contributed by atoms with Crippen LogP contribution >= 0.6 is 15.6 Å². The zero-order chi connectivity index (χ0) is 45.5. The lowest BCUT2D eigenvalue weighted by Crippen LogP contribution is -2.30. The number of phosphoric ester groups is 2. The van der Waals surface area contributed by atoms with Crippen LogP contribution in [0.4, 0.5) is 0 Å². The van der Waals surface area contributed by atoms with Crippen molar-refractivity contribution in [1.29, 1.82) is 0 Å². The van der Waals surface area contributed by atoms with Crippen molar-refractivity contribution >= 4 is 33.4 Å². The number of hydrogen-bond acceptors (Lipinski definition) is 11. The minimum absolute atomic E-state index is 0.0931. The van der Waals surface area contributed by atoms with Crippen LogP contribution in [-0.2, 0) is 46.6 Å². The van der Waals surface area contributed by atoms with Crippen molar-refractivity contribution in [3.05, 3.63) is 48.6 Å². The van der Waals surface area contributed by atoms with Gasteiger partial charge in [0, 0.05) is 19.3 Å². The van der Waals surface area contributed by atoms with Crippen LogP contribution in [0.3, 0.4) is 0 Å². The number of unbranched alkanes of at least 4 members (excludes halogenated alkanes) is 15. The molecule has 0 rings (SSSR count). The predicted molar refractivity (Wildman–Crippen MR) is 239 cm³/mol. The van der Waals surface area contributed by atoms with Crippen LogP contribution in [0.25, 0.3) is 0 Å². The van der Waals surface area contributed by atoms with Crippen molar-refractivity contribution < 1.29 is 66.3 Å². The number of hydrogen-bond donors (Lipinski definition) is 4. The summed E-state index contributed by atoms with van der Waals surface area (Å²) in [5, 5.41) is 9.75. The Morgan fingerprint density at radius 3 is 1.70 bits per heavy atom. The second-order valence-corrected chi connectivity index (χ2v) is 18.5. The van der Waals surface area contributed by atoms with Crippen molar-refractivity contribution in [3.63, 3.8) is 0 Å². The first kappa shape index (κ1) is 58.8. The first-order valence-electron chi connectivity index (χ1n) is 22.6. The van der Waals surface area contributed by atoms with Gasteiger partial charge in [0.25, 0.3) is 0 Å². The van der Waals surface area contributed by atoms with E-state index in [1.54, 1.807) is 12.2 Å². The standard InChI is InChI=1S/C45H80O14P2/c1-4-5-26-32-41(46)33-28-23-19-15-11-9-13-16-20-24-29-34-44(48)55-38-43(39-58-61(53,54)57-37-42(47)36-56-60(50,51)52)59-45(49)35-30-25-21-17-12-8-6-7-10-14-18-22-27-31-40(2)3/h9,11,16,19-20,23,28,33,40,42-43,47H,4-8,10,12-15,17-18,21-22,24-27,29-32,34-39H2,1-3H3,(H,53,54)(H2,50,51,52)/b11-9-,20-16-,23-19-,33-28+/t42-,43+/m0/s1. The Hall–Kier alpha value is -2.25. The molecule has 0 aromatic heterocycles. The minimum atomic E-state index is -4.88. The summed E-state index contributed by atoms with van der Waals surface area (Å²) in [4.78, 5) is 64.4. The third-order valence-electron chi connectivity index (χ3n) is 9.36. The molecule has 3 atom stereocenters. The molecule has 4 N–H and O–H groups in total. The minimum Gasteiger partial charge on any atom is -0.462 e. The van der Waals surface area contributed by atoms with Crippen LogP contribution in [0.5, 0.6) is 0 Å². The molecule has 0 aromatic carbocycles. The molecule has 0 aliphatic heterocycles. The van der Waals surface area contributed by atoms with E-state index in [4.69, 9.17) is 23.8 Å². The molecule has 0 bridgehead atoms. The van der Waals surface area contributed by atoms with E-state index in [1.807, 2.05) is 36.5 Å². The quantitative estimate of drug-likeness (QED) is 0.0112. The van der Waals surface area contributed by atoms with E-state index in [-0.39, 0.29) is 18.6 Å². The molecule has 0 fully saturated rings. The van der Waals surface area contributed by atoms with Crippen molar-refractivity contribution in [2.45, 2.75) is 187 Å². The maximum absolute atomic E-state index is 12.7. The molecule has 1 unspecified atom stereocenters. The van der Waals surface area contributed by atoms with Crippen LogP contribution in [0.15, 0.2) is 48.6 Å². The lowest BCUT2D eigenvalue weighted by molar-refractivity contribution is -0.161. The summed E-state index contributed by atoms with van der Waals surface area (Å²) in [5.74, 6) is -0.189. The lowest BCUT2D eigenvalue weighted by atomic mass is 10.0.